The topological polar surface area (TPSA) is 24.5 Å². The number of hydrogen-bond donors (Lipinski definition) is 1. The molecule has 3 nitrogen and oxygen atoms in total. The molecule has 0 spiro atoms. The van der Waals surface area contributed by atoms with E-state index in [9.17, 15) is 0 Å². The van der Waals surface area contributed by atoms with Crippen LogP contribution in [0.3, 0.4) is 0 Å². The molecule has 19 heavy (non-hydrogen) atoms. The Morgan fingerprint density at radius 1 is 1.32 bits per heavy atom. The summed E-state index contributed by atoms with van der Waals surface area (Å²) >= 11 is 0. The van der Waals surface area contributed by atoms with Gasteiger partial charge in [-0.3, -0.25) is 4.90 Å². The lowest BCUT2D eigenvalue weighted by molar-refractivity contribution is -0.113. The van der Waals surface area contributed by atoms with Crippen LogP contribution in [0, 0.1) is 5.92 Å². The van der Waals surface area contributed by atoms with Gasteiger partial charge in [0.2, 0.25) is 0 Å². The summed E-state index contributed by atoms with van der Waals surface area (Å²) in [6, 6.07) is 1.39. The summed E-state index contributed by atoms with van der Waals surface area (Å²) in [5, 5.41) is 3.66. The second kappa shape index (κ2) is 6.55. The Balaban J connectivity index is 1.97. The first-order valence-corrected chi connectivity index (χ1v) is 8.21. The molecule has 2 atom stereocenters. The third-order valence-corrected chi connectivity index (χ3v) is 5.31. The standard InChI is InChI=1S/C16H32N2O/c1-5-16(6-2)11-14(7-10-19-16)18-9-8-17-15(12-18)13(3)4/h13-15,17H,5-12H2,1-4H3. The van der Waals surface area contributed by atoms with E-state index in [-0.39, 0.29) is 5.60 Å². The van der Waals surface area contributed by atoms with Gasteiger partial charge in [-0.1, -0.05) is 27.7 Å². The van der Waals surface area contributed by atoms with Gasteiger partial charge >= 0.3 is 0 Å². The quantitative estimate of drug-likeness (QED) is 0.848. The lowest BCUT2D eigenvalue weighted by Gasteiger charge is -2.47. The molecule has 0 aromatic rings. The van der Waals surface area contributed by atoms with Crippen molar-refractivity contribution in [2.75, 3.05) is 26.2 Å². The molecule has 2 unspecified atom stereocenters. The Kier molecular flexibility index (Phi) is 5.27. The third-order valence-electron chi connectivity index (χ3n) is 5.31. The summed E-state index contributed by atoms with van der Waals surface area (Å²) < 4.78 is 6.12. The molecule has 0 bridgehead atoms. The van der Waals surface area contributed by atoms with Crippen molar-refractivity contribution in [2.24, 2.45) is 5.92 Å². The predicted molar refractivity (Wildman–Crippen MR) is 80.5 cm³/mol. The van der Waals surface area contributed by atoms with Crippen molar-refractivity contribution >= 4 is 0 Å². The molecule has 0 aliphatic carbocycles. The molecule has 1 N–H and O–H groups in total. The highest BCUT2D eigenvalue weighted by atomic mass is 16.5. The van der Waals surface area contributed by atoms with E-state index in [1.807, 2.05) is 0 Å². The van der Waals surface area contributed by atoms with Crippen molar-refractivity contribution in [1.82, 2.24) is 10.2 Å². The summed E-state index contributed by atoms with van der Waals surface area (Å²) in [6.45, 7) is 13.7. The van der Waals surface area contributed by atoms with Gasteiger partial charge in [0.05, 0.1) is 5.60 Å². The van der Waals surface area contributed by atoms with Crippen molar-refractivity contribution in [3.8, 4) is 0 Å². The minimum atomic E-state index is 0.154. The number of nitrogens with zero attached hydrogens (tertiary/aromatic N) is 1. The van der Waals surface area contributed by atoms with Gasteiger partial charge in [-0.15, -0.1) is 0 Å². The van der Waals surface area contributed by atoms with E-state index in [1.54, 1.807) is 0 Å². The molecule has 0 radical (unpaired) electrons. The van der Waals surface area contributed by atoms with Gasteiger partial charge in [0, 0.05) is 38.3 Å². The van der Waals surface area contributed by atoms with Gasteiger partial charge in [-0.25, -0.2) is 0 Å². The summed E-state index contributed by atoms with van der Waals surface area (Å²) in [5.74, 6) is 0.727. The molecule has 2 fully saturated rings. The molecule has 0 saturated carbocycles. The van der Waals surface area contributed by atoms with Crippen LogP contribution in [0.2, 0.25) is 0 Å². The van der Waals surface area contributed by atoms with Crippen LogP contribution in [-0.4, -0.2) is 48.8 Å². The van der Waals surface area contributed by atoms with Crippen LogP contribution in [0.5, 0.6) is 0 Å². The fourth-order valence-corrected chi connectivity index (χ4v) is 3.64. The Bertz CT molecular complexity index is 276. The van der Waals surface area contributed by atoms with Crippen molar-refractivity contribution in [1.29, 1.82) is 0 Å². The number of nitrogens with one attached hydrogen (secondary N) is 1. The van der Waals surface area contributed by atoms with E-state index in [1.165, 1.54) is 25.9 Å². The van der Waals surface area contributed by atoms with E-state index in [2.05, 4.69) is 37.9 Å². The highest BCUT2D eigenvalue weighted by molar-refractivity contribution is 4.92. The molecule has 112 valence electrons. The zero-order chi connectivity index (χ0) is 13.9. The van der Waals surface area contributed by atoms with Gasteiger partial charge < -0.3 is 10.1 Å². The smallest absolute Gasteiger partial charge is 0.0692 e. The molecular formula is C16H32N2O. The molecule has 0 aromatic heterocycles. The summed E-state index contributed by atoms with van der Waals surface area (Å²) in [4.78, 5) is 2.73. The molecule has 0 amide bonds. The fraction of sp³-hybridized carbons (Fsp3) is 1.00. The van der Waals surface area contributed by atoms with Crippen LogP contribution in [0.15, 0.2) is 0 Å². The molecule has 2 rings (SSSR count). The van der Waals surface area contributed by atoms with Crippen molar-refractivity contribution < 1.29 is 4.74 Å². The largest absolute Gasteiger partial charge is 0.375 e. The van der Waals surface area contributed by atoms with E-state index < -0.39 is 0 Å². The lowest BCUT2D eigenvalue weighted by atomic mass is 9.84. The highest BCUT2D eigenvalue weighted by Crippen LogP contribution is 2.34. The zero-order valence-corrected chi connectivity index (χ0v) is 13.2. The maximum atomic E-state index is 6.12. The Labute approximate surface area is 119 Å². The number of hydrogen-bond acceptors (Lipinski definition) is 3. The second-order valence-corrected chi connectivity index (χ2v) is 6.68. The second-order valence-electron chi connectivity index (χ2n) is 6.68. The average Bonchev–Trinajstić information content (AvgIpc) is 2.47. The first-order valence-electron chi connectivity index (χ1n) is 8.21. The Morgan fingerprint density at radius 3 is 2.68 bits per heavy atom. The van der Waals surface area contributed by atoms with Gasteiger partial charge in [0.1, 0.15) is 0 Å². The van der Waals surface area contributed by atoms with E-state index >= 15 is 0 Å². The van der Waals surface area contributed by atoms with Gasteiger partial charge in [0.15, 0.2) is 0 Å². The van der Waals surface area contributed by atoms with Crippen molar-refractivity contribution in [3.05, 3.63) is 0 Å². The number of ether oxygens (including phenoxy) is 1. The monoisotopic (exact) mass is 268 g/mol. The van der Waals surface area contributed by atoms with Crippen molar-refractivity contribution in [3.63, 3.8) is 0 Å². The fourth-order valence-electron chi connectivity index (χ4n) is 3.64. The molecule has 2 aliphatic heterocycles. The zero-order valence-electron chi connectivity index (χ0n) is 13.2. The Hall–Kier alpha value is -0.120. The summed E-state index contributed by atoms with van der Waals surface area (Å²) in [5.41, 5.74) is 0.154. The molecule has 2 aliphatic rings. The normalized spacial score (nSPS) is 32.7. The van der Waals surface area contributed by atoms with Gasteiger partial charge in [-0.05, 0) is 31.6 Å². The minimum absolute atomic E-state index is 0.154. The first kappa shape index (κ1) is 15.3. The molecule has 2 saturated heterocycles. The summed E-state index contributed by atoms with van der Waals surface area (Å²) in [7, 11) is 0. The molecule has 2 heterocycles. The lowest BCUT2D eigenvalue weighted by Crippen LogP contribution is -2.58. The van der Waals surface area contributed by atoms with E-state index in [4.69, 9.17) is 4.74 Å². The SMILES string of the molecule is CCC1(CC)CC(N2CCNC(C(C)C)C2)CCO1. The maximum absolute atomic E-state index is 6.12. The maximum Gasteiger partial charge on any atom is 0.0692 e. The average molecular weight is 268 g/mol. The van der Waals surface area contributed by atoms with E-state index in [0.29, 0.717) is 6.04 Å². The Morgan fingerprint density at radius 2 is 2.05 bits per heavy atom. The van der Waals surface area contributed by atoms with Gasteiger partial charge in [-0.2, -0.15) is 0 Å². The highest BCUT2D eigenvalue weighted by Gasteiger charge is 2.38. The third kappa shape index (κ3) is 3.50. The number of rotatable bonds is 4. The van der Waals surface area contributed by atoms with Crippen LogP contribution in [0.1, 0.15) is 53.4 Å². The molecular weight excluding hydrogens is 236 g/mol. The van der Waals surface area contributed by atoms with Crippen LogP contribution in [0.25, 0.3) is 0 Å². The van der Waals surface area contributed by atoms with Crippen LogP contribution in [-0.2, 0) is 4.74 Å². The predicted octanol–water partition coefficient (Wildman–Crippen LogP) is 2.65. The number of piperazine rings is 1. The van der Waals surface area contributed by atoms with Crippen LogP contribution >= 0.6 is 0 Å². The van der Waals surface area contributed by atoms with Crippen molar-refractivity contribution in [2.45, 2.75) is 71.1 Å². The van der Waals surface area contributed by atoms with Crippen LogP contribution in [0.4, 0.5) is 0 Å². The summed E-state index contributed by atoms with van der Waals surface area (Å²) in [6.07, 6.45) is 4.75. The van der Waals surface area contributed by atoms with E-state index in [0.717, 1.165) is 38.0 Å². The molecule has 0 aromatic carbocycles. The first-order chi connectivity index (χ1) is 9.10. The van der Waals surface area contributed by atoms with Crippen LogP contribution < -0.4 is 5.32 Å². The van der Waals surface area contributed by atoms with Gasteiger partial charge in [0.25, 0.3) is 0 Å². The molecule has 3 heteroatoms. The minimum Gasteiger partial charge on any atom is -0.375 e.